The van der Waals surface area contributed by atoms with Crippen LogP contribution in [-0.4, -0.2) is 36.3 Å². The number of aliphatic hydroxyl groups is 1. The van der Waals surface area contributed by atoms with Crippen molar-refractivity contribution in [1.82, 2.24) is 5.32 Å². The molecule has 1 aliphatic rings. The first-order chi connectivity index (χ1) is 11.9. The number of aliphatic hydroxyl groups excluding tert-OH is 1. The number of alkyl halides is 1. The molecule has 0 saturated carbocycles. The number of ether oxygens (including phenoxy) is 3. The van der Waals surface area contributed by atoms with Crippen LogP contribution in [0.2, 0.25) is 0 Å². The largest absolute Gasteiger partial charge is 0.501 e. The number of hydrogen-bond donors (Lipinski definition) is 2. The fraction of sp³-hybridized carbons (Fsp3) is 0.412. The molecule has 1 aromatic rings. The summed E-state index contributed by atoms with van der Waals surface area (Å²) < 4.78 is 16.2. The number of rotatable bonds is 7. The molecule has 1 atom stereocenters. The third-order valence-corrected chi connectivity index (χ3v) is 4.44. The van der Waals surface area contributed by atoms with Crippen LogP contribution in [0.25, 0.3) is 0 Å². The molecule has 1 unspecified atom stereocenters. The molecule has 0 radical (unpaired) electrons. The van der Waals surface area contributed by atoms with Gasteiger partial charge in [0.05, 0.1) is 14.2 Å². The molecule has 1 aromatic carbocycles. The number of Topliss-reactive ketones (excluding diaryl/α,β-unsaturated/α-hetero) is 1. The molecule has 0 bridgehead atoms. The van der Waals surface area contributed by atoms with Crippen LogP contribution in [0.15, 0.2) is 29.8 Å². The molecule has 2 rings (SSSR count). The Bertz CT molecular complexity index is 717. The molecule has 1 aliphatic heterocycles. The number of amides is 1. The molecule has 2 N–H and O–H groups in total. The summed E-state index contributed by atoms with van der Waals surface area (Å²) in [6.45, 7) is 1.50. The SMILES string of the molecule is COc1cccc(C2(C)OC(NC(=O)CCCBr)=C(O)C2=O)c1OC. The minimum Gasteiger partial charge on any atom is -0.501 e. The van der Waals surface area contributed by atoms with Crippen molar-refractivity contribution in [2.75, 3.05) is 19.5 Å². The highest BCUT2D eigenvalue weighted by Gasteiger charge is 2.50. The average Bonchev–Trinajstić information content (AvgIpc) is 2.83. The Balaban J connectivity index is 2.33. The van der Waals surface area contributed by atoms with E-state index in [0.717, 1.165) is 0 Å². The molecule has 25 heavy (non-hydrogen) atoms. The average molecular weight is 414 g/mol. The van der Waals surface area contributed by atoms with Gasteiger partial charge < -0.3 is 19.3 Å². The number of methoxy groups -OCH3 is 2. The third-order valence-electron chi connectivity index (χ3n) is 3.88. The van der Waals surface area contributed by atoms with E-state index in [9.17, 15) is 14.7 Å². The van der Waals surface area contributed by atoms with Crippen LogP contribution in [0, 0.1) is 0 Å². The topological polar surface area (TPSA) is 94.1 Å². The standard InChI is InChI=1S/C17H20BrNO6/c1-17(10-6-4-7-11(23-2)14(10)24-3)15(22)13(21)16(25-17)19-12(20)8-5-9-18/h4,6-7,21H,5,8-9H2,1-3H3,(H,19,20). The van der Waals surface area contributed by atoms with Crippen LogP contribution in [0.5, 0.6) is 11.5 Å². The maximum Gasteiger partial charge on any atom is 0.250 e. The lowest BCUT2D eigenvalue weighted by Crippen LogP contribution is -2.32. The number of benzene rings is 1. The Labute approximate surface area is 154 Å². The number of carbonyl (C=O) groups excluding carboxylic acids is 2. The van der Waals surface area contributed by atoms with Crippen molar-refractivity contribution in [3.05, 3.63) is 35.4 Å². The van der Waals surface area contributed by atoms with Crippen LogP contribution >= 0.6 is 15.9 Å². The maximum absolute atomic E-state index is 12.6. The number of halogens is 1. The van der Waals surface area contributed by atoms with Gasteiger partial charge in [0.2, 0.25) is 23.2 Å². The van der Waals surface area contributed by atoms with Gasteiger partial charge >= 0.3 is 0 Å². The van der Waals surface area contributed by atoms with E-state index >= 15 is 0 Å². The van der Waals surface area contributed by atoms with Gasteiger partial charge in [-0.2, -0.15) is 0 Å². The van der Waals surface area contributed by atoms with Crippen LogP contribution in [0.4, 0.5) is 0 Å². The van der Waals surface area contributed by atoms with Gasteiger partial charge in [-0.15, -0.1) is 0 Å². The van der Waals surface area contributed by atoms with E-state index in [1.165, 1.54) is 21.1 Å². The maximum atomic E-state index is 12.6. The van der Waals surface area contributed by atoms with Gasteiger partial charge in [0, 0.05) is 17.3 Å². The van der Waals surface area contributed by atoms with Gasteiger partial charge in [-0.1, -0.05) is 28.1 Å². The van der Waals surface area contributed by atoms with E-state index in [1.54, 1.807) is 18.2 Å². The van der Waals surface area contributed by atoms with Gasteiger partial charge in [0.25, 0.3) is 5.78 Å². The molecule has 8 heteroatoms. The lowest BCUT2D eigenvalue weighted by molar-refractivity contribution is -0.133. The highest BCUT2D eigenvalue weighted by molar-refractivity contribution is 9.09. The summed E-state index contributed by atoms with van der Waals surface area (Å²) in [6, 6.07) is 5.01. The van der Waals surface area contributed by atoms with E-state index < -0.39 is 17.1 Å². The van der Waals surface area contributed by atoms with Gasteiger partial charge in [0.15, 0.2) is 11.5 Å². The first kappa shape index (κ1) is 19.1. The Morgan fingerprint density at radius 2 is 2.08 bits per heavy atom. The number of hydrogen-bond acceptors (Lipinski definition) is 6. The van der Waals surface area contributed by atoms with Gasteiger partial charge in [0.1, 0.15) is 0 Å². The first-order valence-electron chi connectivity index (χ1n) is 7.63. The number of carbonyl (C=O) groups is 2. The van der Waals surface area contributed by atoms with E-state index in [0.29, 0.717) is 28.8 Å². The lowest BCUT2D eigenvalue weighted by Gasteiger charge is -2.26. The summed E-state index contributed by atoms with van der Waals surface area (Å²) in [4.78, 5) is 24.5. The summed E-state index contributed by atoms with van der Waals surface area (Å²) in [5.74, 6) is -1.16. The predicted molar refractivity (Wildman–Crippen MR) is 93.8 cm³/mol. The molecule has 0 aromatic heterocycles. The zero-order valence-corrected chi connectivity index (χ0v) is 15.8. The molecule has 0 fully saturated rings. The molecule has 1 heterocycles. The third kappa shape index (κ3) is 3.58. The monoisotopic (exact) mass is 413 g/mol. The van der Waals surface area contributed by atoms with Gasteiger partial charge in [-0.3, -0.25) is 14.9 Å². The van der Waals surface area contributed by atoms with E-state index in [4.69, 9.17) is 14.2 Å². The van der Waals surface area contributed by atoms with Crippen LogP contribution in [-0.2, 0) is 19.9 Å². The van der Waals surface area contributed by atoms with Crippen molar-refractivity contribution >= 4 is 27.6 Å². The summed E-state index contributed by atoms with van der Waals surface area (Å²) in [5, 5.41) is 13.2. The van der Waals surface area contributed by atoms with Crippen molar-refractivity contribution in [1.29, 1.82) is 0 Å². The normalized spacial score (nSPS) is 19.6. The zero-order chi connectivity index (χ0) is 18.6. The Kier molecular flexibility index (Phi) is 5.94. The van der Waals surface area contributed by atoms with E-state index in [2.05, 4.69) is 21.2 Å². The fourth-order valence-corrected chi connectivity index (χ4v) is 2.85. The molecular formula is C17H20BrNO6. The molecule has 136 valence electrons. The van der Waals surface area contributed by atoms with Crippen LogP contribution in [0.1, 0.15) is 25.3 Å². The highest BCUT2D eigenvalue weighted by atomic mass is 79.9. The molecule has 7 nitrogen and oxygen atoms in total. The smallest absolute Gasteiger partial charge is 0.250 e. The summed E-state index contributed by atoms with van der Waals surface area (Å²) in [6.07, 6.45) is 0.855. The lowest BCUT2D eigenvalue weighted by atomic mass is 9.90. The van der Waals surface area contributed by atoms with Crippen molar-refractivity contribution in [3.8, 4) is 11.5 Å². The van der Waals surface area contributed by atoms with Crippen molar-refractivity contribution in [3.63, 3.8) is 0 Å². The second-order valence-corrected chi connectivity index (χ2v) is 6.32. The van der Waals surface area contributed by atoms with E-state index in [1.807, 2.05) is 0 Å². The Hall–Kier alpha value is -2.22. The molecule has 1 amide bonds. The van der Waals surface area contributed by atoms with Crippen LogP contribution < -0.4 is 14.8 Å². The molecular weight excluding hydrogens is 394 g/mol. The second kappa shape index (κ2) is 7.77. The number of para-hydroxylation sites is 1. The fourth-order valence-electron chi connectivity index (χ4n) is 2.57. The Morgan fingerprint density at radius 3 is 2.68 bits per heavy atom. The van der Waals surface area contributed by atoms with E-state index in [-0.39, 0.29) is 18.2 Å². The number of nitrogens with one attached hydrogen (secondary N) is 1. The van der Waals surface area contributed by atoms with Crippen LogP contribution in [0.3, 0.4) is 0 Å². The number of ketones is 1. The quantitative estimate of drug-likeness (QED) is 0.667. The minimum absolute atomic E-state index is 0.235. The highest BCUT2D eigenvalue weighted by Crippen LogP contribution is 2.44. The van der Waals surface area contributed by atoms with Crippen molar-refractivity contribution in [2.24, 2.45) is 0 Å². The van der Waals surface area contributed by atoms with Gasteiger partial charge in [-0.05, 0) is 19.4 Å². The first-order valence-corrected chi connectivity index (χ1v) is 8.75. The minimum atomic E-state index is -1.54. The molecule has 0 spiro atoms. The summed E-state index contributed by atoms with van der Waals surface area (Å²) >= 11 is 3.24. The van der Waals surface area contributed by atoms with Crippen molar-refractivity contribution < 1.29 is 28.9 Å². The zero-order valence-electron chi connectivity index (χ0n) is 14.2. The van der Waals surface area contributed by atoms with Crippen molar-refractivity contribution in [2.45, 2.75) is 25.4 Å². The second-order valence-electron chi connectivity index (χ2n) is 5.52. The summed E-state index contributed by atoms with van der Waals surface area (Å²) in [5.41, 5.74) is -1.15. The van der Waals surface area contributed by atoms with Gasteiger partial charge in [-0.25, -0.2) is 0 Å². The summed E-state index contributed by atoms with van der Waals surface area (Å²) in [7, 11) is 2.92. The molecule has 0 saturated heterocycles. The molecule has 0 aliphatic carbocycles. The predicted octanol–water partition coefficient (Wildman–Crippen LogP) is 2.54. The Morgan fingerprint density at radius 1 is 1.36 bits per heavy atom.